The van der Waals surface area contributed by atoms with Crippen LogP contribution in [0.15, 0.2) is 35.3 Å². The number of hydrogen-bond donors (Lipinski definition) is 6. The number of carboxylic acids is 1. The summed E-state index contributed by atoms with van der Waals surface area (Å²) in [5.74, 6) is -2.60. The lowest BCUT2D eigenvalue weighted by molar-refractivity contribution is -0.142. The molecule has 44 heavy (non-hydrogen) atoms. The number of fused-ring (bicyclic) bond motifs is 8. The number of hydrogen-bond acceptors (Lipinski definition) is 6. The molecule has 2 saturated heterocycles. The molecule has 4 aliphatic rings. The summed E-state index contributed by atoms with van der Waals surface area (Å²) in [4.78, 5) is 32.2. The van der Waals surface area contributed by atoms with Gasteiger partial charge in [0.15, 0.2) is 0 Å². The molecule has 5 atom stereocenters. The van der Waals surface area contributed by atoms with Gasteiger partial charge in [-0.05, 0) is 73.6 Å². The monoisotopic (exact) mass is 596 g/mol. The fourth-order valence-corrected chi connectivity index (χ4v) is 7.60. The largest absolute Gasteiger partial charge is 0.510 e. The number of carbonyl (C=O) groups is 2. The number of ether oxygens (including phenoxy) is 1. The molecule has 2 aromatic rings. The van der Waals surface area contributed by atoms with Gasteiger partial charge in [-0.25, -0.2) is 0 Å². The van der Waals surface area contributed by atoms with E-state index in [0.717, 1.165) is 56.4 Å². The highest BCUT2D eigenvalue weighted by Crippen LogP contribution is 2.43. The maximum absolute atomic E-state index is 13.3. The Morgan fingerprint density at radius 3 is 2.41 bits per heavy atom. The van der Waals surface area contributed by atoms with Crippen LogP contribution in [-0.2, 0) is 14.3 Å². The lowest BCUT2D eigenvalue weighted by Crippen LogP contribution is -2.38. The molecular formula is C35H40N4O5. The average molecular weight is 597 g/mol. The van der Waals surface area contributed by atoms with E-state index in [4.69, 9.17) is 4.74 Å². The van der Waals surface area contributed by atoms with Gasteiger partial charge < -0.3 is 35.6 Å². The number of carboxylic acid groups (broad SMARTS) is 1. The second-order valence-electron chi connectivity index (χ2n) is 12.3. The zero-order valence-electron chi connectivity index (χ0n) is 26.0. The number of nitrogens with one attached hydrogen (secondary N) is 4. The Labute approximate surface area is 256 Å². The van der Waals surface area contributed by atoms with E-state index in [2.05, 4.69) is 72.3 Å². The quantitative estimate of drug-likeness (QED) is 0.284. The summed E-state index contributed by atoms with van der Waals surface area (Å²) >= 11 is 0. The molecule has 2 aromatic heterocycles. The first-order valence-electron chi connectivity index (χ1n) is 15.2. The Morgan fingerprint density at radius 2 is 1.75 bits per heavy atom. The Morgan fingerprint density at radius 1 is 1.05 bits per heavy atom. The maximum atomic E-state index is 13.3. The van der Waals surface area contributed by atoms with E-state index in [0.29, 0.717) is 22.6 Å². The van der Waals surface area contributed by atoms with Crippen molar-refractivity contribution in [2.45, 2.75) is 53.5 Å². The molecule has 9 heteroatoms. The van der Waals surface area contributed by atoms with Crippen molar-refractivity contribution in [2.24, 2.45) is 23.7 Å². The van der Waals surface area contributed by atoms with Crippen molar-refractivity contribution in [1.82, 2.24) is 20.6 Å². The molecule has 1 unspecified atom stereocenters. The van der Waals surface area contributed by atoms with Crippen LogP contribution in [0.25, 0.3) is 35.6 Å². The van der Waals surface area contributed by atoms with Gasteiger partial charge in [0.25, 0.3) is 0 Å². The molecule has 8 bridgehead atoms. The smallest absolute Gasteiger partial charge is 0.320 e. The SMILES string of the molecule is C=Cc1c2[nH]c(c1C)/C=C1\NC(C3=c4[nH]c(c(C)c4=C(O)[C@@H]3C(=O)OC)/C=C3\N/C(=C\2)[C@H](C)\C3=C/C)[C@@H](CCC(=O)O)[C@@H]1C. The first-order valence-corrected chi connectivity index (χ1v) is 15.2. The van der Waals surface area contributed by atoms with Crippen LogP contribution in [0.2, 0.25) is 0 Å². The highest BCUT2D eigenvalue weighted by molar-refractivity contribution is 5.96. The van der Waals surface area contributed by atoms with Crippen LogP contribution in [0.4, 0.5) is 0 Å². The van der Waals surface area contributed by atoms with Gasteiger partial charge in [0.2, 0.25) is 0 Å². The van der Waals surface area contributed by atoms with E-state index < -0.39 is 23.9 Å². The second kappa shape index (κ2) is 10.8. The number of aliphatic carboxylic acids is 1. The van der Waals surface area contributed by atoms with Gasteiger partial charge in [0.05, 0.1) is 18.5 Å². The first kappa shape index (κ1) is 29.4. The van der Waals surface area contributed by atoms with Crippen LogP contribution in [-0.4, -0.2) is 45.3 Å². The molecule has 6 N–H and O–H groups in total. The number of methoxy groups -OCH3 is 1. The Balaban J connectivity index is 1.68. The molecule has 0 amide bonds. The van der Waals surface area contributed by atoms with Gasteiger partial charge >= 0.3 is 11.9 Å². The molecule has 1 aliphatic carbocycles. The van der Waals surface area contributed by atoms with Crippen molar-refractivity contribution in [3.05, 3.63) is 79.7 Å². The summed E-state index contributed by atoms with van der Waals surface area (Å²) in [5.41, 5.74) is 10.3. The number of aromatic nitrogens is 2. The predicted molar refractivity (Wildman–Crippen MR) is 172 cm³/mol. The van der Waals surface area contributed by atoms with Gasteiger partial charge in [-0.2, -0.15) is 0 Å². The first-order chi connectivity index (χ1) is 21.0. The third-order valence-corrected chi connectivity index (χ3v) is 10.1. The third-order valence-electron chi connectivity index (χ3n) is 10.1. The van der Waals surface area contributed by atoms with Gasteiger partial charge in [-0.1, -0.05) is 32.6 Å². The number of esters is 1. The van der Waals surface area contributed by atoms with Crippen LogP contribution in [0.3, 0.4) is 0 Å². The number of rotatable bonds is 5. The van der Waals surface area contributed by atoms with Crippen LogP contribution < -0.4 is 21.2 Å². The normalized spacial score (nSPS) is 29.7. The number of carbonyl (C=O) groups excluding carboxylic acids is 1. The van der Waals surface area contributed by atoms with Gasteiger partial charge in [0, 0.05) is 63.2 Å². The third kappa shape index (κ3) is 4.36. The molecule has 3 aliphatic heterocycles. The number of aliphatic hydroxyl groups excluding tert-OH is 1. The molecule has 0 spiro atoms. The van der Waals surface area contributed by atoms with Crippen molar-refractivity contribution >= 4 is 47.6 Å². The molecule has 0 radical (unpaired) electrons. The summed E-state index contributed by atoms with van der Waals surface area (Å²) in [6.45, 7) is 14.4. The van der Waals surface area contributed by atoms with Crippen LogP contribution in [0.5, 0.6) is 0 Å². The van der Waals surface area contributed by atoms with Crippen molar-refractivity contribution in [3.8, 4) is 0 Å². The average Bonchev–Trinajstić information content (AvgIpc) is 3.72. The highest BCUT2D eigenvalue weighted by Gasteiger charge is 2.47. The minimum atomic E-state index is -1.01. The number of aliphatic hydroxyl groups is 1. The molecule has 230 valence electrons. The number of H-pyrrole nitrogens is 2. The molecule has 6 rings (SSSR count). The standard InChI is InChI=1S/C35H40N4O5/c1-8-19-15(3)22-12-24-17(5)21(10-11-28(40)41)32(38-24)30-31(35(43)44-7)34(42)29-18(6)25(39-33(29)30)14-27-20(9-2)16(4)23(37-27)13-26(19)36-22/h8-9,12-14,16-17,21,31-32,36-39,42H,1,10-11H2,2-7H3,(H,40,41)/b20-9+,23-13-,24-12-,27-14-/t16-,17+,21+,31-,32?/m1/s1. The molecule has 5 heterocycles. The van der Waals surface area contributed by atoms with Crippen LogP contribution >= 0.6 is 0 Å². The van der Waals surface area contributed by atoms with Gasteiger partial charge in [-0.3, -0.25) is 9.59 Å². The minimum absolute atomic E-state index is 0.0177. The topological polar surface area (TPSA) is 139 Å². The Bertz CT molecular complexity index is 1860. The Hall–Kier alpha value is -4.66. The van der Waals surface area contributed by atoms with Gasteiger partial charge in [-0.15, -0.1) is 0 Å². The minimum Gasteiger partial charge on any atom is -0.510 e. The molecule has 0 saturated carbocycles. The predicted octanol–water partition coefficient (Wildman–Crippen LogP) is 4.23. The fraction of sp³-hybridized carbons (Fsp3) is 0.371. The Kier molecular flexibility index (Phi) is 7.22. The second-order valence-corrected chi connectivity index (χ2v) is 12.3. The molecular weight excluding hydrogens is 556 g/mol. The van der Waals surface area contributed by atoms with E-state index >= 15 is 0 Å². The van der Waals surface area contributed by atoms with Crippen molar-refractivity contribution in [3.63, 3.8) is 0 Å². The summed E-state index contributed by atoms with van der Waals surface area (Å²) in [5, 5.41) is 29.8. The van der Waals surface area contributed by atoms with E-state index in [1.165, 1.54) is 7.11 Å². The number of allylic oxidation sites excluding steroid dienone is 4. The van der Waals surface area contributed by atoms with Crippen LogP contribution in [0.1, 0.15) is 67.4 Å². The van der Waals surface area contributed by atoms with Crippen LogP contribution in [0, 0.1) is 37.5 Å². The fourth-order valence-electron chi connectivity index (χ4n) is 7.60. The summed E-state index contributed by atoms with van der Waals surface area (Å²) in [6, 6.07) is -0.426. The molecule has 9 nitrogen and oxygen atoms in total. The maximum Gasteiger partial charge on any atom is 0.320 e. The number of aromatic amines is 2. The van der Waals surface area contributed by atoms with E-state index in [1.54, 1.807) is 0 Å². The summed E-state index contributed by atoms with van der Waals surface area (Å²) in [7, 11) is 1.32. The zero-order valence-corrected chi connectivity index (χ0v) is 26.0. The van der Waals surface area contributed by atoms with Crippen molar-refractivity contribution in [1.29, 1.82) is 0 Å². The highest BCUT2D eigenvalue weighted by atomic mass is 16.5. The van der Waals surface area contributed by atoms with Crippen molar-refractivity contribution < 1.29 is 24.5 Å². The van der Waals surface area contributed by atoms with Crippen molar-refractivity contribution in [2.75, 3.05) is 7.11 Å². The zero-order chi connectivity index (χ0) is 31.6. The lowest BCUT2D eigenvalue weighted by Gasteiger charge is -2.26. The summed E-state index contributed by atoms with van der Waals surface area (Å²) < 4.78 is 5.20. The lowest BCUT2D eigenvalue weighted by atomic mass is 9.80. The van der Waals surface area contributed by atoms with E-state index in [9.17, 15) is 19.8 Å². The molecule has 0 aromatic carbocycles. The molecule has 2 fully saturated rings. The summed E-state index contributed by atoms with van der Waals surface area (Å²) in [6.07, 6.45) is 10.6. The van der Waals surface area contributed by atoms with Gasteiger partial charge in [0.1, 0.15) is 11.7 Å². The van der Waals surface area contributed by atoms with E-state index in [-0.39, 0.29) is 29.9 Å². The van der Waals surface area contributed by atoms with E-state index in [1.807, 2.05) is 19.9 Å².